The van der Waals surface area contributed by atoms with E-state index in [2.05, 4.69) is 0 Å². The van der Waals surface area contributed by atoms with Gasteiger partial charge in [-0.1, -0.05) is 24.3 Å². The summed E-state index contributed by atoms with van der Waals surface area (Å²) in [6.07, 6.45) is 0. The van der Waals surface area contributed by atoms with E-state index in [4.69, 9.17) is 0 Å². The van der Waals surface area contributed by atoms with Crippen LogP contribution in [0.15, 0.2) is 29.2 Å². The molecule has 0 saturated carbocycles. The Morgan fingerprint density at radius 2 is 1.59 bits per heavy atom. The van der Waals surface area contributed by atoms with Crippen LogP contribution in [-0.4, -0.2) is 13.0 Å². The molecule has 0 aromatic heterocycles. The molecule has 0 radical (unpaired) electrons. The van der Waals surface area contributed by atoms with Crippen LogP contribution in [0.25, 0.3) is 11.1 Å². The summed E-state index contributed by atoms with van der Waals surface area (Å²) >= 11 is 0. The van der Waals surface area contributed by atoms with Crippen LogP contribution in [-0.2, 0) is 10.1 Å². The lowest BCUT2D eigenvalue weighted by atomic mass is 10.1. The third kappa shape index (κ3) is 1.83. The molecule has 2 aliphatic rings. The second-order valence-electron chi connectivity index (χ2n) is 4.24. The Morgan fingerprint density at radius 3 is 2.18 bits per heavy atom. The molecular weight excluding hydrogens is 236 g/mol. The normalized spacial score (nSPS) is 12.0. The van der Waals surface area contributed by atoms with Gasteiger partial charge in [-0.15, -0.1) is 0 Å². The van der Waals surface area contributed by atoms with Gasteiger partial charge in [-0.05, 0) is 43.0 Å². The number of fused-ring (bicyclic) bond motifs is 1. The molecule has 2 aliphatic carbocycles. The van der Waals surface area contributed by atoms with Gasteiger partial charge in [0.15, 0.2) is 0 Å². The van der Waals surface area contributed by atoms with Crippen molar-refractivity contribution in [2.45, 2.75) is 25.7 Å². The molecule has 17 heavy (non-hydrogen) atoms. The predicted octanol–water partition coefficient (Wildman–Crippen LogP) is 2.96. The SMILES string of the molecule is Cc1ccccc2c(S(=O)(=O)O)c(C)c(C)c1-2. The number of hydrogen-bond donors (Lipinski definition) is 1. The van der Waals surface area contributed by atoms with Gasteiger partial charge in [0, 0.05) is 5.56 Å². The van der Waals surface area contributed by atoms with Crippen molar-refractivity contribution in [1.82, 2.24) is 0 Å². The highest BCUT2D eigenvalue weighted by molar-refractivity contribution is 7.86. The lowest BCUT2D eigenvalue weighted by Crippen LogP contribution is -1.99. The smallest absolute Gasteiger partial charge is 0.282 e. The van der Waals surface area contributed by atoms with Crippen molar-refractivity contribution >= 4 is 10.1 Å². The van der Waals surface area contributed by atoms with Crippen LogP contribution >= 0.6 is 0 Å². The molecular formula is C13H14O3S. The number of rotatable bonds is 1. The minimum Gasteiger partial charge on any atom is -0.282 e. The predicted molar refractivity (Wildman–Crippen MR) is 67.1 cm³/mol. The van der Waals surface area contributed by atoms with E-state index in [1.807, 2.05) is 26.0 Å². The summed E-state index contributed by atoms with van der Waals surface area (Å²) < 4.78 is 32.2. The first-order valence-corrected chi connectivity index (χ1v) is 6.74. The summed E-state index contributed by atoms with van der Waals surface area (Å²) in [6.45, 7) is 5.53. The van der Waals surface area contributed by atoms with Crippen LogP contribution < -0.4 is 0 Å². The molecule has 0 saturated heterocycles. The molecule has 0 aliphatic heterocycles. The monoisotopic (exact) mass is 250 g/mol. The highest BCUT2D eigenvalue weighted by Crippen LogP contribution is 2.39. The second-order valence-corrected chi connectivity index (χ2v) is 5.60. The Labute approximate surface area is 101 Å². The molecule has 0 fully saturated rings. The fourth-order valence-electron chi connectivity index (χ4n) is 2.31. The molecule has 2 rings (SSSR count). The molecule has 0 heterocycles. The van der Waals surface area contributed by atoms with Crippen molar-refractivity contribution in [2.24, 2.45) is 0 Å². The summed E-state index contributed by atoms with van der Waals surface area (Å²) in [5, 5.41) is 0. The second kappa shape index (κ2) is 3.82. The Bertz CT molecular complexity index is 657. The minimum atomic E-state index is -4.19. The molecule has 0 aromatic rings. The van der Waals surface area contributed by atoms with Crippen molar-refractivity contribution in [1.29, 1.82) is 0 Å². The summed E-state index contributed by atoms with van der Waals surface area (Å²) in [5.74, 6) is 0. The number of hydrogen-bond acceptors (Lipinski definition) is 2. The first-order valence-electron chi connectivity index (χ1n) is 5.30. The first kappa shape index (κ1) is 12.1. The van der Waals surface area contributed by atoms with Crippen molar-refractivity contribution in [3.05, 3.63) is 41.0 Å². The molecule has 90 valence electrons. The van der Waals surface area contributed by atoms with Gasteiger partial charge in [0.25, 0.3) is 10.1 Å². The van der Waals surface area contributed by atoms with Crippen molar-refractivity contribution < 1.29 is 13.0 Å². The zero-order valence-electron chi connectivity index (χ0n) is 9.98. The van der Waals surface area contributed by atoms with Crippen molar-refractivity contribution in [2.75, 3.05) is 0 Å². The van der Waals surface area contributed by atoms with E-state index in [-0.39, 0.29) is 4.90 Å². The van der Waals surface area contributed by atoms with Gasteiger partial charge in [-0.2, -0.15) is 8.42 Å². The van der Waals surface area contributed by atoms with E-state index >= 15 is 0 Å². The Kier molecular flexibility index (Phi) is 2.72. The molecule has 1 N–H and O–H groups in total. The van der Waals surface area contributed by atoms with Gasteiger partial charge >= 0.3 is 0 Å². The number of aryl methyl sites for hydroxylation is 1. The quantitative estimate of drug-likeness (QED) is 0.792. The maximum atomic E-state index is 11.4. The highest BCUT2D eigenvalue weighted by Gasteiger charge is 2.26. The largest absolute Gasteiger partial charge is 0.295 e. The molecule has 3 nitrogen and oxygen atoms in total. The van der Waals surface area contributed by atoms with E-state index in [1.165, 1.54) is 0 Å². The van der Waals surface area contributed by atoms with Crippen LogP contribution in [0.4, 0.5) is 0 Å². The summed E-state index contributed by atoms with van der Waals surface area (Å²) in [5.41, 5.74) is 4.02. The van der Waals surface area contributed by atoms with Crippen LogP contribution in [0.5, 0.6) is 0 Å². The van der Waals surface area contributed by atoms with Crippen LogP contribution in [0, 0.1) is 20.8 Å². The fourth-order valence-corrected chi connectivity index (χ4v) is 3.30. The van der Waals surface area contributed by atoms with E-state index in [0.717, 1.165) is 16.7 Å². The maximum Gasteiger partial charge on any atom is 0.295 e. The van der Waals surface area contributed by atoms with Crippen LogP contribution in [0.3, 0.4) is 0 Å². The Balaban J connectivity index is 3.01. The standard InChI is InChI=1S/C13H14O3S/c1-8-6-4-5-7-11-12(8)9(2)10(3)13(11)17(14,15)16/h4-7H,1-3H3,(H,14,15,16). The van der Waals surface area contributed by atoms with Gasteiger partial charge < -0.3 is 0 Å². The fraction of sp³-hybridized carbons (Fsp3) is 0.231. The molecule has 0 aromatic carbocycles. The lowest BCUT2D eigenvalue weighted by molar-refractivity contribution is 0.483. The molecule has 4 heteroatoms. The van der Waals surface area contributed by atoms with Gasteiger partial charge in [0.05, 0.1) is 0 Å². The van der Waals surface area contributed by atoms with Gasteiger partial charge in [-0.3, -0.25) is 4.55 Å². The lowest BCUT2D eigenvalue weighted by Gasteiger charge is -2.01. The molecule has 0 amide bonds. The highest BCUT2D eigenvalue weighted by atomic mass is 32.2. The average molecular weight is 250 g/mol. The van der Waals surface area contributed by atoms with Gasteiger partial charge in [0.2, 0.25) is 0 Å². The van der Waals surface area contributed by atoms with Crippen LogP contribution in [0.2, 0.25) is 0 Å². The molecule has 0 unspecified atom stereocenters. The van der Waals surface area contributed by atoms with E-state index < -0.39 is 10.1 Å². The van der Waals surface area contributed by atoms with Crippen molar-refractivity contribution in [3.63, 3.8) is 0 Å². The first-order chi connectivity index (χ1) is 7.84. The van der Waals surface area contributed by atoms with E-state index in [9.17, 15) is 13.0 Å². The Hall–Kier alpha value is -1.39. The minimum absolute atomic E-state index is 0.0318. The zero-order chi connectivity index (χ0) is 12.8. The molecule has 0 spiro atoms. The summed E-state index contributed by atoms with van der Waals surface area (Å²) in [6, 6.07) is 7.30. The Morgan fingerprint density at radius 1 is 1.00 bits per heavy atom. The van der Waals surface area contributed by atoms with E-state index in [0.29, 0.717) is 11.1 Å². The van der Waals surface area contributed by atoms with Crippen LogP contribution in [0.1, 0.15) is 16.7 Å². The van der Waals surface area contributed by atoms with Crippen molar-refractivity contribution in [3.8, 4) is 11.1 Å². The van der Waals surface area contributed by atoms with Gasteiger partial charge in [-0.25, -0.2) is 0 Å². The maximum absolute atomic E-state index is 11.4. The summed E-state index contributed by atoms with van der Waals surface area (Å²) in [7, 11) is -4.19. The molecule has 0 bridgehead atoms. The third-order valence-corrected chi connectivity index (χ3v) is 4.21. The zero-order valence-corrected chi connectivity index (χ0v) is 10.8. The topological polar surface area (TPSA) is 54.4 Å². The third-order valence-electron chi connectivity index (χ3n) is 3.16. The molecule has 0 atom stereocenters. The summed E-state index contributed by atoms with van der Waals surface area (Å²) in [4.78, 5) is 0.0318. The van der Waals surface area contributed by atoms with E-state index in [1.54, 1.807) is 19.1 Å². The van der Waals surface area contributed by atoms with Gasteiger partial charge in [0.1, 0.15) is 4.90 Å². The average Bonchev–Trinajstić information content (AvgIpc) is 2.35.